The van der Waals surface area contributed by atoms with Gasteiger partial charge >= 0.3 is 11.9 Å². The predicted octanol–water partition coefficient (Wildman–Crippen LogP) is 3.95. The number of nitriles is 1. The molecule has 0 saturated carbocycles. The van der Waals surface area contributed by atoms with Crippen molar-refractivity contribution in [3.63, 3.8) is 0 Å². The van der Waals surface area contributed by atoms with Crippen molar-refractivity contribution in [2.45, 2.75) is 12.7 Å². The molecule has 4 rings (SSSR count). The van der Waals surface area contributed by atoms with Gasteiger partial charge in [0.05, 0.1) is 18.2 Å². The molecule has 0 fully saturated rings. The van der Waals surface area contributed by atoms with Crippen LogP contribution in [0.25, 0.3) is 11.1 Å². The molecule has 184 valence electrons. The van der Waals surface area contributed by atoms with Crippen LogP contribution in [0.5, 0.6) is 11.5 Å². The summed E-state index contributed by atoms with van der Waals surface area (Å²) in [5.74, 6) is -3.69. The van der Waals surface area contributed by atoms with Crippen molar-refractivity contribution in [2.75, 3.05) is 0 Å². The van der Waals surface area contributed by atoms with Crippen molar-refractivity contribution in [1.29, 1.82) is 5.26 Å². The first-order chi connectivity index (χ1) is 17.0. The summed E-state index contributed by atoms with van der Waals surface area (Å²) in [6.07, 6.45) is -4.15. The van der Waals surface area contributed by atoms with E-state index in [1.54, 1.807) is 6.07 Å². The van der Waals surface area contributed by atoms with E-state index in [1.807, 2.05) is 0 Å². The van der Waals surface area contributed by atoms with Crippen molar-refractivity contribution in [2.24, 2.45) is 7.05 Å². The van der Waals surface area contributed by atoms with Crippen LogP contribution < -0.4 is 16.0 Å². The molecule has 0 aliphatic rings. The van der Waals surface area contributed by atoms with Crippen LogP contribution in [0.3, 0.4) is 0 Å². The molecule has 0 bridgehead atoms. The van der Waals surface area contributed by atoms with Gasteiger partial charge in [-0.25, -0.2) is 18.7 Å². The summed E-state index contributed by atoms with van der Waals surface area (Å²) >= 11 is 0. The number of aromatic amines is 1. The zero-order valence-corrected chi connectivity index (χ0v) is 18.2. The minimum Gasteiger partial charge on any atom is -0.448 e. The van der Waals surface area contributed by atoms with Crippen LogP contribution in [0.15, 0.2) is 58.3 Å². The van der Waals surface area contributed by atoms with Crippen LogP contribution in [-0.2, 0) is 19.8 Å². The highest BCUT2D eigenvalue weighted by molar-refractivity contribution is 5.66. The topological polar surface area (TPSA) is 106 Å². The first kappa shape index (κ1) is 24.4. The Morgan fingerprint density at radius 2 is 1.83 bits per heavy atom. The van der Waals surface area contributed by atoms with Crippen LogP contribution in [0.4, 0.5) is 22.0 Å². The monoisotopic (exact) mass is 503 g/mol. The number of alkyl halides is 3. The summed E-state index contributed by atoms with van der Waals surface area (Å²) in [6.45, 7) is -0.370. The molecule has 36 heavy (non-hydrogen) atoms. The maximum Gasteiger partial charge on any atom is 0.420 e. The van der Waals surface area contributed by atoms with Gasteiger partial charge in [-0.05, 0) is 47.5 Å². The summed E-state index contributed by atoms with van der Waals surface area (Å²) in [7, 11) is 1.35. The quantitative estimate of drug-likeness (QED) is 0.416. The molecule has 0 aliphatic carbocycles. The van der Waals surface area contributed by atoms with Crippen molar-refractivity contribution < 1.29 is 26.7 Å². The Morgan fingerprint density at radius 3 is 2.44 bits per heavy atom. The Hall–Kier alpha value is -4.73. The Kier molecular flexibility index (Phi) is 6.19. The number of rotatable bonds is 5. The largest absolute Gasteiger partial charge is 0.448 e. The first-order valence-electron chi connectivity index (χ1n) is 10.1. The van der Waals surface area contributed by atoms with Crippen LogP contribution >= 0.6 is 0 Å². The average Bonchev–Trinajstić information content (AvgIpc) is 3.13. The molecule has 8 nitrogen and oxygen atoms in total. The highest BCUT2D eigenvalue weighted by atomic mass is 19.4. The molecule has 0 amide bonds. The molecule has 0 saturated heterocycles. The van der Waals surface area contributed by atoms with Crippen molar-refractivity contribution in [3.05, 3.63) is 98.1 Å². The van der Waals surface area contributed by atoms with E-state index in [9.17, 15) is 31.5 Å². The lowest BCUT2D eigenvalue weighted by Gasteiger charge is -2.16. The Bertz CT molecular complexity index is 1630. The highest BCUT2D eigenvalue weighted by Gasteiger charge is 2.37. The molecule has 2 aromatic heterocycles. The van der Waals surface area contributed by atoms with Crippen molar-refractivity contribution >= 4 is 0 Å². The number of aromatic nitrogens is 4. The third-order valence-electron chi connectivity index (χ3n) is 5.21. The van der Waals surface area contributed by atoms with E-state index in [0.29, 0.717) is 6.07 Å². The van der Waals surface area contributed by atoms with E-state index < -0.39 is 46.1 Å². The number of hydrogen-bond acceptors (Lipinski definition) is 5. The normalized spacial score (nSPS) is 11.4. The Morgan fingerprint density at radius 1 is 1.08 bits per heavy atom. The fourth-order valence-electron chi connectivity index (χ4n) is 3.37. The molecule has 4 aromatic rings. The molecule has 0 unspecified atom stereocenters. The molecular formula is C23H14F5N5O3. The van der Waals surface area contributed by atoms with Gasteiger partial charge in [0.25, 0.3) is 5.56 Å². The van der Waals surface area contributed by atoms with Gasteiger partial charge in [-0.15, -0.1) is 0 Å². The number of hydrogen-bond donors (Lipinski definition) is 1. The second kappa shape index (κ2) is 9.14. The standard InChI is InChI=1S/C23H14F5N5O3/c1-32-19(30-31-22(32)35)11-33-5-4-16(23(26,27)28)20(21(33)34)36-18-3-2-13(9-17(18)25)14-6-12(10-29)7-15(24)8-14/h2-9H,11H2,1H3,(H,31,35). The smallest absolute Gasteiger partial charge is 0.420 e. The van der Waals surface area contributed by atoms with E-state index in [4.69, 9.17) is 10.00 Å². The summed E-state index contributed by atoms with van der Waals surface area (Å²) < 4.78 is 76.4. The van der Waals surface area contributed by atoms with Gasteiger partial charge < -0.3 is 9.30 Å². The SMILES string of the molecule is Cn1c(Cn2ccc(C(F)(F)F)c(Oc3ccc(-c4cc(F)cc(C#N)c4)cc3F)c2=O)n[nH]c1=O. The highest BCUT2D eigenvalue weighted by Crippen LogP contribution is 2.37. The van der Waals surface area contributed by atoms with Crippen molar-refractivity contribution in [3.8, 4) is 28.7 Å². The summed E-state index contributed by atoms with van der Waals surface area (Å²) in [4.78, 5) is 24.4. The van der Waals surface area contributed by atoms with Crippen LogP contribution in [-0.4, -0.2) is 19.3 Å². The van der Waals surface area contributed by atoms with Crippen LogP contribution in [0.2, 0.25) is 0 Å². The Balaban J connectivity index is 1.75. The predicted molar refractivity (Wildman–Crippen MR) is 115 cm³/mol. The number of ether oxygens (including phenoxy) is 1. The van der Waals surface area contributed by atoms with Crippen LogP contribution in [0.1, 0.15) is 17.0 Å². The lowest BCUT2D eigenvalue weighted by molar-refractivity contribution is -0.138. The number of pyridine rings is 1. The number of halogens is 5. The molecule has 0 spiro atoms. The fraction of sp³-hybridized carbons (Fsp3) is 0.130. The zero-order valence-electron chi connectivity index (χ0n) is 18.2. The van der Waals surface area contributed by atoms with E-state index in [-0.39, 0.29) is 29.1 Å². The maximum absolute atomic E-state index is 14.8. The van der Waals surface area contributed by atoms with Gasteiger partial charge in [-0.1, -0.05) is 6.07 Å². The minimum absolute atomic E-state index is 0.0141. The second-order valence-corrected chi connectivity index (χ2v) is 7.58. The van der Waals surface area contributed by atoms with E-state index in [0.717, 1.165) is 39.6 Å². The molecule has 0 atom stereocenters. The van der Waals surface area contributed by atoms with Gasteiger partial charge in [0.15, 0.2) is 17.4 Å². The van der Waals surface area contributed by atoms with Gasteiger partial charge in [-0.3, -0.25) is 9.36 Å². The summed E-state index contributed by atoms with van der Waals surface area (Å²) in [5.41, 5.74) is -3.01. The van der Waals surface area contributed by atoms with Gasteiger partial charge in [0.1, 0.15) is 11.4 Å². The summed E-state index contributed by atoms with van der Waals surface area (Å²) in [5, 5.41) is 14.8. The van der Waals surface area contributed by atoms with E-state index >= 15 is 0 Å². The van der Waals surface area contributed by atoms with Gasteiger partial charge in [0.2, 0.25) is 5.75 Å². The number of nitrogens with zero attached hydrogens (tertiary/aromatic N) is 4. The average molecular weight is 503 g/mol. The second-order valence-electron chi connectivity index (χ2n) is 7.58. The van der Waals surface area contributed by atoms with Crippen LogP contribution in [0, 0.1) is 23.0 Å². The number of nitrogens with one attached hydrogen (secondary N) is 1. The fourth-order valence-corrected chi connectivity index (χ4v) is 3.37. The van der Waals surface area contributed by atoms with Gasteiger partial charge in [-0.2, -0.15) is 23.5 Å². The lowest BCUT2D eigenvalue weighted by atomic mass is 10.0. The molecule has 0 radical (unpaired) electrons. The lowest BCUT2D eigenvalue weighted by Crippen LogP contribution is -2.26. The van der Waals surface area contributed by atoms with Gasteiger partial charge in [0, 0.05) is 13.2 Å². The first-order valence-corrected chi connectivity index (χ1v) is 10.1. The van der Waals surface area contributed by atoms with E-state index in [1.165, 1.54) is 19.2 Å². The third kappa shape index (κ3) is 4.74. The Labute approximate surface area is 198 Å². The molecule has 1 N–H and O–H groups in total. The molecule has 2 heterocycles. The summed E-state index contributed by atoms with van der Waals surface area (Å²) in [6, 6.07) is 8.78. The molecule has 13 heteroatoms. The van der Waals surface area contributed by atoms with E-state index in [2.05, 4.69) is 10.2 Å². The third-order valence-corrected chi connectivity index (χ3v) is 5.21. The molecule has 2 aromatic carbocycles. The molecule has 0 aliphatic heterocycles. The minimum atomic E-state index is -5.00. The number of benzene rings is 2. The zero-order chi connectivity index (χ0) is 26.2. The molecular weight excluding hydrogens is 489 g/mol. The number of H-pyrrole nitrogens is 1. The van der Waals surface area contributed by atoms with Crippen molar-refractivity contribution in [1.82, 2.24) is 19.3 Å². The maximum atomic E-state index is 14.8.